The van der Waals surface area contributed by atoms with Crippen LogP contribution in [0.3, 0.4) is 0 Å². The van der Waals surface area contributed by atoms with Crippen LogP contribution >= 0.6 is 7.82 Å². The Labute approximate surface area is 337 Å². The summed E-state index contributed by atoms with van der Waals surface area (Å²) in [6, 6.07) is 0. The maximum Gasteiger partial charge on any atom is 0.472 e. The van der Waals surface area contributed by atoms with Crippen molar-refractivity contribution >= 4 is 19.8 Å². The van der Waals surface area contributed by atoms with Crippen LogP contribution in [0.15, 0.2) is 36.5 Å². The van der Waals surface area contributed by atoms with Gasteiger partial charge in [0.1, 0.15) is 6.61 Å². The Bertz CT molecular complexity index is 1000. The van der Waals surface area contributed by atoms with E-state index in [1.165, 1.54) is 103 Å². The van der Waals surface area contributed by atoms with E-state index in [0.717, 1.165) is 70.6 Å². The van der Waals surface area contributed by atoms with Crippen LogP contribution < -0.4 is 5.73 Å². The number of hydrogen-bond donors (Lipinski definition) is 2. The van der Waals surface area contributed by atoms with Crippen LogP contribution in [-0.2, 0) is 32.7 Å². The Balaban J connectivity index is 4.14. The molecule has 0 aliphatic heterocycles. The quantitative estimate of drug-likeness (QED) is 0.0268. The maximum absolute atomic E-state index is 12.6. The molecule has 0 aromatic carbocycles. The van der Waals surface area contributed by atoms with E-state index in [1.54, 1.807) is 0 Å². The molecule has 1 unspecified atom stereocenters. The monoisotopic (exact) mass is 798 g/mol. The van der Waals surface area contributed by atoms with Gasteiger partial charge in [0.15, 0.2) is 6.10 Å². The molecule has 0 spiro atoms. The molecule has 0 aromatic rings. The van der Waals surface area contributed by atoms with Crippen molar-refractivity contribution in [3.63, 3.8) is 0 Å². The van der Waals surface area contributed by atoms with Crippen LogP contribution in [-0.4, -0.2) is 49.3 Å². The fraction of sp³-hybridized carbons (Fsp3) is 0.822. The van der Waals surface area contributed by atoms with E-state index in [4.69, 9.17) is 24.3 Å². The van der Waals surface area contributed by atoms with E-state index >= 15 is 0 Å². The first-order chi connectivity index (χ1) is 26.8. The molecule has 3 N–H and O–H groups in total. The molecule has 10 heteroatoms. The Kier molecular flexibility index (Phi) is 40.5. The second-order valence-corrected chi connectivity index (χ2v) is 16.4. The van der Waals surface area contributed by atoms with Gasteiger partial charge in [-0.15, -0.1) is 0 Å². The molecule has 0 saturated heterocycles. The summed E-state index contributed by atoms with van der Waals surface area (Å²) in [5.41, 5.74) is 5.35. The first-order valence-electron chi connectivity index (χ1n) is 22.5. The highest BCUT2D eigenvalue weighted by Crippen LogP contribution is 2.43. The molecule has 55 heavy (non-hydrogen) atoms. The summed E-state index contributed by atoms with van der Waals surface area (Å²) in [7, 11) is -4.38. The number of esters is 2. The SMILES string of the molecule is CCCCC/C=C\C/C=C\CCCCCCCCCCCC(=O)O[C@H](COC(=O)CCCCCCC/C=C\CCCCCCCC)COP(=O)(O)OCCN. The lowest BCUT2D eigenvalue weighted by atomic mass is 10.1. The molecule has 0 radical (unpaired) electrons. The molecule has 0 bridgehead atoms. The molecular weight excluding hydrogens is 713 g/mol. The molecule has 2 atom stereocenters. The first kappa shape index (κ1) is 53.2. The number of carbonyl (C=O) groups excluding carboxylic acids is 2. The number of unbranched alkanes of at least 4 members (excludes halogenated alkanes) is 23. The molecular formula is C45H84NO8P. The molecule has 0 rings (SSSR count). The van der Waals surface area contributed by atoms with Crippen molar-refractivity contribution in [2.75, 3.05) is 26.4 Å². The van der Waals surface area contributed by atoms with E-state index in [2.05, 4.69) is 50.3 Å². The molecule has 0 aromatic heterocycles. The molecule has 0 heterocycles. The van der Waals surface area contributed by atoms with Gasteiger partial charge < -0.3 is 20.1 Å². The number of hydrogen-bond acceptors (Lipinski definition) is 8. The second kappa shape index (κ2) is 41.9. The molecule has 0 saturated carbocycles. The van der Waals surface area contributed by atoms with Crippen molar-refractivity contribution in [2.45, 2.75) is 213 Å². The summed E-state index contributed by atoms with van der Waals surface area (Å²) in [5, 5.41) is 0. The molecule has 322 valence electrons. The fourth-order valence-electron chi connectivity index (χ4n) is 6.13. The van der Waals surface area contributed by atoms with E-state index < -0.39 is 32.5 Å². The average Bonchev–Trinajstić information content (AvgIpc) is 3.17. The summed E-state index contributed by atoms with van der Waals surface area (Å²) in [5.74, 6) is -0.840. The van der Waals surface area contributed by atoms with Crippen LogP contribution in [0.25, 0.3) is 0 Å². The summed E-state index contributed by atoms with van der Waals surface area (Å²) in [6.45, 7) is 3.70. The molecule has 0 fully saturated rings. The molecule has 0 aliphatic carbocycles. The van der Waals surface area contributed by atoms with E-state index in [1.807, 2.05) is 0 Å². The summed E-state index contributed by atoms with van der Waals surface area (Å²) in [4.78, 5) is 34.9. The van der Waals surface area contributed by atoms with Gasteiger partial charge in [-0.2, -0.15) is 0 Å². The Morgan fingerprint density at radius 3 is 1.44 bits per heavy atom. The first-order valence-corrected chi connectivity index (χ1v) is 24.0. The lowest BCUT2D eigenvalue weighted by Crippen LogP contribution is -2.29. The Morgan fingerprint density at radius 1 is 0.545 bits per heavy atom. The van der Waals surface area contributed by atoms with Crippen molar-refractivity contribution in [1.29, 1.82) is 0 Å². The third kappa shape index (κ3) is 41.7. The van der Waals surface area contributed by atoms with Crippen molar-refractivity contribution < 1.29 is 37.6 Å². The zero-order valence-corrected chi connectivity index (χ0v) is 36.3. The van der Waals surface area contributed by atoms with Gasteiger partial charge in [-0.3, -0.25) is 18.6 Å². The number of rotatable bonds is 42. The Hall–Kier alpha value is -1.77. The third-order valence-corrected chi connectivity index (χ3v) is 10.5. The van der Waals surface area contributed by atoms with Gasteiger partial charge in [-0.1, -0.05) is 159 Å². The normalized spacial score (nSPS) is 13.6. The molecule has 0 amide bonds. The topological polar surface area (TPSA) is 134 Å². The van der Waals surface area contributed by atoms with Gasteiger partial charge in [-0.25, -0.2) is 4.57 Å². The standard InChI is InChI=1S/C45H84NO8P/c1-3-5-7-9-11-13-15-17-19-20-21-22-24-26-28-30-32-34-36-38-45(48)54-43(42-53-55(49,50)52-40-39-46)41-51-44(47)37-35-33-31-29-27-25-23-18-16-14-12-10-8-6-4-2/h11,13,17-19,23,43H,3-10,12,14-16,20-22,24-42,46H2,1-2H3,(H,49,50)/b13-11-,19-17-,23-18-/t43-/m1/s1. The highest BCUT2D eigenvalue weighted by atomic mass is 31.2. The number of phosphoric ester groups is 1. The van der Waals surface area contributed by atoms with Gasteiger partial charge in [0.05, 0.1) is 13.2 Å². The minimum absolute atomic E-state index is 0.0515. The number of allylic oxidation sites excluding steroid dienone is 6. The van der Waals surface area contributed by atoms with Crippen LogP contribution in [0.4, 0.5) is 0 Å². The van der Waals surface area contributed by atoms with Gasteiger partial charge in [-0.05, 0) is 70.6 Å². The zero-order valence-electron chi connectivity index (χ0n) is 35.4. The number of phosphoric acid groups is 1. The predicted molar refractivity (Wildman–Crippen MR) is 229 cm³/mol. The molecule has 9 nitrogen and oxygen atoms in total. The van der Waals surface area contributed by atoms with E-state index in [-0.39, 0.29) is 32.6 Å². The predicted octanol–water partition coefficient (Wildman–Crippen LogP) is 12.9. The van der Waals surface area contributed by atoms with Crippen molar-refractivity contribution in [1.82, 2.24) is 0 Å². The smallest absolute Gasteiger partial charge is 0.462 e. The number of nitrogens with two attached hydrogens (primary N) is 1. The lowest BCUT2D eigenvalue weighted by molar-refractivity contribution is -0.161. The lowest BCUT2D eigenvalue weighted by Gasteiger charge is -2.19. The molecule has 0 aliphatic rings. The zero-order chi connectivity index (χ0) is 40.3. The summed E-state index contributed by atoms with van der Waals surface area (Å²) < 4.78 is 32.8. The van der Waals surface area contributed by atoms with Gasteiger partial charge >= 0.3 is 19.8 Å². The average molecular weight is 798 g/mol. The number of ether oxygens (including phenoxy) is 2. The summed E-state index contributed by atoms with van der Waals surface area (Å²) in [6.07, 6.45) is 46.0. The minimum Gasteiger partial charge on any atom is -0.462 e. The van der Waals surface area contributed by atoms with Gasteiger partial charge in [0, 0.05) is 19.4 Å². The van der Waals surface area contributed by atoms with Gasteiger partial charge in [0.2, 0.25) is 0 Å². The van der Waals surface area contributed by atoms with Crippen LogP contribution in [0.5, 0.6) is 0 Å². The van der Waals surface area contributed by atoms with E-state index in [9.17, 15) is 19.0 Å². The van der Waals surface area contributed by atoms with Crippen LogP contribution in [0, 0.1) is 0 Å². The fourth-order valence-corrected chi connectivity index (χ4v) is 6.89. The largest absolute Gasteiger partial charge is 0.472 e. The maximum atomic E-state index is 12.6. The van der Waals surface area contributed by atoms with Crippen LogP contribution in [0.2, 0.25) is 0 Å². The minimum atomic E-state index is -4.38. The van der Waals surface area contributed by atoms with Crippen molar-refractivity contribution in [3.8, 4) is 0 Å². The second-order valence-electron chi connectivity index (χ2n) is 14.9. The van der Waals surface area contributed by atoms with Crippen molar-refractivity contribution in [2.24, 2.45) is 5.73 Å². The third-order valence-electron chi connectivity index (χ3n) is 9.50. The summed E-state index contributed by atoms with van der Waals surface area (Å²) >= 11 is 0. The van der Waals surface area contributed by atoms with Crippen molar-refractivity contribution in [3.05, 3.63) is 36.5 Å². The number of carbonyl (C=O) groups is 2. The highest BCUT2D eigenvalue weighted by Gasteiger charge is 2.26. The van der Waals surface area contributed by atoms with Gasteiger partial charge in [0.25, 0.3) is 0 Å². The van der Waals surface area contributed by atoms with E-state index in [0.29, 0.717) is 6.42 Å². The Morgan fingerprint density at radius 2 is 0.945 bits per heavy atom. The highest BCUT2D eigenvalue weighted by molar-refractivity contribution is 7.47. The van der Waals surface area contributed by atoms with Crippen LogP contribution in [0.1, 0.15) is 206 Å².